The lowest BCUT2D eigenvalue weighted by Gasteiger charge is -2.62. The number of hydrogen-bond acceptors (Lipinski definition) is 6. The van der Waals surface area contributed by atoms with Crippen molar-refractivity contribution in [2.45, 2.75) is 112 Å². The first-order valence-corrected chi connectivity index (χ1v) is 14.0. The molecule has 0 aromatic carbocycles. The summed E-state index contributed by atoms with van der Waals surface area (Å²) in [6.45, 7) is 13.7. The second-order valence-electron chi connectivity index (χ2n) is 14.1. The largest absolute Gasteiger partial charge is 0.481 e. The highest BCUT2D eigenvalue weighted by Crippen LogP contribution is 2.71. The highest BCUT2D eigenvalue weighted by molar-refractivity contribution is 6.00. The zero-order valence-electron chi connectivity index (χ0n) is 23.5. The van der Waals surface area contributed by atoms with Crippen LogP contribution in [0.25, 0.3) is 0 Å². The van der Waals surface area contributed by atoms with Crippen LogP contribution in [0, 0.1) is 45.3 Å². The number of carbonyl (C=O) groups excluding carboxylic acids is 2. The van der Waals surface area contributed by atoms with Gasteiger partial charge >= 0.3 is 5.97 Å². The number of aliphatic hydroxyl groups is 3. The highest BCUT2D eigenvalue weighted by atomic mass is 16.4. The van der Waals surface area contributed by atoms with Crippen LogP contribution in [-0.2, 0) is 14.4 Å². The Hall–Kier alpha value is -1.57. The highest BCUT2D eigenvalue weighted by Gasteiger charge is 2.70. The molecule has 0 spiro atoms. The van der Waals surface area contributed by atoms with Crippen molar-refractivity contribution < 1.29 is 34.8 Å². The number of aliphatic carboxylic acids is 1. The van der Waals surface area contributed by atoms with E-state index in [1.165, 1.54) is 6.92 Å². The van der Waals surface area contributed by atoms with Gasteiger partial charge in [0, 0.05) is 30.3 Å². The molecular formula is C30H46O7. The van der Waals surface area contributed by atoms with Crippen molar-refractivity contribution in [1.82, 2.24) is 0 Å². The van der Waals surface area contributed by atoms with E-state index in [0.29, 0.717) is 36.8 Å². The first kappa shape index (κ1) is 28.4. The molecule has 2 saturated carbocycles. The Kier molecular flexibility index (Phi) is 6.91. The van der Waals surface area contributed by atoms with E-state index in [2.05, 4.69) is 6.92 Å². The molecule has 7 heteroatoms. The number of carboxylic acid groups (broad SMARTS) is 1. The van der Waals surface area contributed by atoms with Gasteiger partial charge in [0.05, 0.1) is 24.2 Å². The summed E-state index contributed by atoms with van der Waals surface area (Å²) in [5.74, 6) is -2.17. The van der Waals surface area contributed by atoms with Gasteiger partial charge < -0.3 is 20.4 Å². The third kappa shape index (κ3) is 3.89. The summed E-state index contributed by atoms with van der Waals surface area (Å²) in [6.07, 6.45) is 0.391. The van der Waals surface area contributed by atoms with E-state index in [1.54, 1.807) is 0 Å². The van der Waals surface area contributed by atoms with E-state index in [0.717, 1.165) is 0 Å². The number of ketones is 2. The molecular weight excluding hydrogens is 472 g/mol. The molecule has 7 nitrogen and oxygen atoms in total. The SMILES string of the molecule is C[C@H](CC(=O)C[C@H](C)[C@@H]1C[C@H](O)[C@]2(C)C3=C(C(=O)C[C@]12C)[C@]1(C)CC[C@H](O)C(C)(C)[C@H]1C[C@H]3O)C(=O)O. The molecule has 0 radical (unpaired) electrons. The number of fused-ring (bicyclic) bond motifs is 4. The lowest BCUT2D eigenvalue weighted by molar-refractivity contribution is -0.143. The first-order valence-electron chi connectivity index (χ1n) is 14.0. The Bertz CT molecular complexity index is 1030. The van der Waals surface area contributed by atoms with E-state index in [1.807, 2.05) is 34.6 Å². The molecule has 0 aliphatic heterocycles. The molecule has 0 heterocycles. The van der Waals surface area contributed by atoms with Crippen LogP contribution in [-0.4, -0.2) is 56.3 Å². The van der Waals surface area contributed by atoms with Crippen LogP contribution in [0.1, 0.15) is 93.4 Å². The number of Topliss-reactive ketones (excluding diaryl/α,β-unsaturated/α-hetero) is 2. The molecule has 4 N–H and O–H groups in total. The minimum Gasteiger partial charge on any atom is -0.481 e. The van der Waals surface area contributed by atoms with E-state index in [4.69, 9.17) is 0 Å². The fraction of sp³-hybridized carbons (Fsp3) is 0.833. The van der Waals surface area contributed by atoms with E-state index >= 15 is 0 Å². The van der Waals surface area contributed by atoms with Crippen LogP contribution in [0.3, 0.4) is 0 Å². The van der Waals surface area contributed by atoms with Gasteiger partial charge in [-0.25, -0.2) is 0 Å². The van der Waals surface area contributed by atoms with Gasteiger partial charge in [0.15, 0.2) is 5.78 Å². The predicted molar refractivity (Wildman–Crippen MR) is 138 cm³/mol. The minimum atomic E-state index is -0.995. The van der Waals surface area contributed by atoms with Crippen LogP contribution in [0.2, 0.25) is 0 Å². The third-order valence-electron chi connectivity index (χ3n) is 11.8. The van der Waals surface area contributed by atoms with Gasteiger partial charge in [-0.3, -0.25) is 14.4 Å². The van der Waals surface area contributed by atoms with Crippen molar-refractivity contribution in [3.8, 4) is 0 Å². The number of rotatable bonds is 6. The number of aliphatic hydroxyl groups excluding tert-OH is 3. The van der Waals surface area contributed by atoms with E-state index in [9.17, 15) is 34.8 Å². The van der Waals surface area contributed by atoms with Crippen molar-refractivity contribution in [3.05, 3.63) is 11.1 Å². The van der Waals surface area contributed by atoms with E-state index in [-0.39, 0.29) is 48.6 Å². The van der Waals surface area contributed by atoms with Crippen molar-refractivity contribution >= 4 is 17.5 Å². The quantitative estimate of drug-likeness (QED) is 0.419. The maximum atomic E-state index is 14.1. The summed E-state index contributed by atoms with van der Waals surface area (Å²) in [5, 5.41) is 43.3. The van der Waals surface area contributed by atoms with Gasteiger partial charge in [-0.1, -0.05) is 48.5 Å². The summed E-state index contributed by atoms with van der Waals surface area (Å²) < 4.78 is 0. The Morgan fingerprint density at radius 3 is 2.19 bits per heavy atom. The Morgan fingerprint density at radius 1 is 0.973 bits per heavy atom. The van der Waals surface area contributed by atoms with Gasteiger partial charge in [0.2, 0.25) is 0 Å². The predicted octanol–water partition coefficient (Wildman–Crippen LogP) is 3.92. The van der Waals surface area contributed by atoms with E-state index < -0.39 is 51.9 Å². The molecule has 0 amide bonds. The van der Waals surface area contributed by atoms with Gasteiger partial charge in [0.1, 0.15) is 5.78 Å². The average molecular weight is 519 g/mol. The molecule has 0 saturated heterocycles. The third-order valence-corrected chi connectivity index (χ3v) is 11.8. The summed E-state index contributed by atoms with van der Waals surface area (Å²) in [4.78, 5) is 38.0. The molecule has 2 fully saturated rings. The molecule has 0 unspecified atom stereocenters. The normalized spacial score (nSPS) is 44.5. The molecule has 4 aliphatic rings. The van der Waals surface area contributed by atoms with Crippen molar-refractivity contribution in [2.24, 2.45) is 45.3 Å². The summed E-state index contributed by atoms with van der Waals surface area (Å²) in [5.41, 5.74) is -1.03. The number of allylic oxidation sites excluding steroid dienone is 1. The smallest absolute Gasteiger partial charge is 0.306 e. The lowest BCUT2D eigenvalue weighted by atomic mass is 9.42. The fourth-order valence-electron chi connectivity index (χ4n) is 9.39. The number of hydrogen-bond donors (Lipinski definition) is 4. The zero-order chi connectivity index (χ0) is 27.9. The second-order valence-corrected chi connectivity index (χ2v) is 14.1. The van der Waals surface area contributed by atoms with Crippen molar-refractivity contribution in [2.75, 3.05) is 0 Å². The standard InChI is InChI=1S/C30H46O7/c1-15(10-17(31)11-16(2)26(36)37)18-12-23(35)30(7)25-19(32)13-21-27(3,4)22(34)8-9-28(21,5)24(25)20(33)14-29(18,30)6/h15-16,18-19,21-23,32,34-35H,8-14H2,1-7H3,(H,36,37)/t15-,16+,18-,19+,21+,22-,23-,28+,29+,30+/m0/s1. The van der Waals surface area contributed by atoms with Crippen LogP contribution < -0.4 is 0 Å². The molecule has 4 aliphatic carbocycles. The number of carboxylic acids is 1. The monoisotopic (exact) mass is 518 g/mol. The molecule has 4 rings (SSSR count). The molecule has 37 heavy (non-hydrogen) atoms. The molecule has 0 bridgehead atoms. The van der Waals surface area contributed by atoms with Crippen LogP contribution >= 0.6 is 0 Å². The second kappa shape index (κ2) is 8.99. The maximum Gasteiger partial charge on any atom is 0.306 e. The average Bonchev–Trinajstić information content (AvgIpc) is 2.99. The summed E-state index contributed by atoms with van der Waals surface area (Å²) >= 11 is 0. The molecule has 208 valence electrons. The minimum absolute atomic E-state index is 0.0190. The van der Waals surface area contributed by atoms with Crippen molar-refractivity contribution in [1.29, 1.82) is 0 Å². The lowest BCUT2D eigenvalue weighted by Crippen LogP contribution is -2.61. The molecule has 10 atom stereocenters. The summed E-state index contributed by atoms with van der Waals surface area (Å²) in [7, 11) is 0. The molecule has 0 aromatic rings. The topological polar surface area (TPSA) is 132 Å². The molecule has 0 aromatic heterocycles. The fourth-order valence-corrected chi connectivity index (χ4v) is 9.39. The van der Waals surface area contributed by atoms with Crippen LogP contribution in [0.4, 0.5) is 0 Å². The summed E-state index contributed by atoms with van der Waals surface area (Å²) in [6, 6.07) is 0. The number of carbonyl (C=O) groups is 3. The Morgan fingerprint density at radius 2 is 1.59 bits per heavy atom. The zero-order valence-corrected chi connectivity index (χ0v) is 23.5. The Labute approximate surface area is 220 Å². The van der Waals surface area contributed by atoms with Crippen LogP contribution in [0.5, 0.6) is 0 Å². The first-order chi connectivity index (χ1) is 16.9. The van der Waals surface area contributed by atoms with Gasteiger partial charge in [-0.2, -0.15) is 0 Å². The van der Waals surface area contributed by atoms with Crippen LogP contribution in [0.15, 0.2) is 11.1 Å². The van der Waals surface area contributed by atoms with Gasteiger partial charge in [-0.15, -0.1) is 0 Å². The van der Waals surface area contributed by atoms with Gasteiger partial charge in [0.25, 0.3) is 0 Å². The van der Waals surface area contributed by atoms with Gasteiger partial charge in [-0.05, 0) is 65.3 Å². The van der Waals surface area contributed by atoms with Crippen molar-refractivity contribution in [3.63, 3.8) is 0 Å². The Balaban J connectivity index is 1.74. The maximum absolute atomic E-state index is 14.1.